The number of hydrogen-bond acceptors (Lipinski definition) is 2. The minimum Gasteiger partial charge on any atom is -0.395 e. The van der Waals surface area contributed by atoms with Gasteiger partial charge in [0.15, 0.2) is 0 Å². The highest BCUT2D eigenvalue weighted by atomic mass is 19.1. The first-order valence-corrected chi connectivity index (χ1v) is 2.53. The molecule has 9 heavy (non-hydrogen) atoms. The third kappa shape index (κ3) is 1.64. The summed E-state index contributed by atoms with van der Waals surface area (Å²) >= 11 is 0. The quantitative estimate of drug-likeness (QED) is 0.544. The molecule has 0 fully saturated rings. The second-order valence-corrected chi connectivity index (χ2v) is 2.22. The summed E-state index contributed by atoms with van der Waals surface area (Å²) in [6.45, 7) is -0.188. The van der Waals surface area contributed by atoms with E-state index in [0.717, 1.165) is 0 Å². The number of nitrogens with two attached hydrogens (primary N) is 1. The first-order chi connectivity index (χ1) is 4.06. The van der Waals surface area contributed by atoms with Crippen molar-refractivity contribution < 1.29 is 14.3 Å². The van der Waals surface area contributed by atoms with Crippen molar-refractivity contribution in [2.24, 2.45) is 11.1 Å². The molecule has 1 unspecified atom stereocenters. The largest absolute Gasteiger partial charge is 0.395 e. The van der Waals surface area contributed by atoms with Crippen molar-refractivity contribution in [1.29, 1.82) is 0 Å². The molecule has 0 aromatic heterocycles. The van der Waals surface area contributed by atoms with Crippen molar-refractivity contribution in [1.82, 2.24) is 0 Å². The van der Waals surface area contributed by atoms with Gasteiger partial charge in [0.05, 0.1) is 12.0 Å². The van der Waals surface area contributed by atoms with Gasteiger partial charge in [-0.2, -0.15) is 0 Å². The Morgan fingerprint density at radius 1 is 1.89 bits per heavy atom. The maximum Gasteiger partial charge on any atom is 0.228 e. The minimum atomic E-state index is -1.39. The number of carbonyl (C=O) groups excluding carboxylic acids is 1. The molecule has 54 valence electrons. The van der Waals surface area contributed by atoms with E-state index in [9.17, 15) is 9.18 Å². The molecular weight excluding hydrogens is 125 g/mol. The van der Waals surface area contributed by atoms with Crippen LogP contribution in [0.15, 0.2) is 0 Å². The normalized spacial score (nSPS) is 16.8. The fraction of sp³-hybridized carbons (Fsp3) is 0.800. The average Bonchev–Trinajstić information content (AvgIpc) is 1.86. The summed E-state index contributed by atoms with van der Waals surface area (Å²) in [5.74, 6) is -0.812. The Bertz CT molecular complexity index is 112. The van der Waals surface area contributed by atoms with E-state index in [1.54, 1.807) is 0 Å². The smallest absolute Gasteiger partial charge is 0.228 e. The molecule has 3 N–H and O–H groups in total. The predicted molar refractivity (Wildman–Crippen MR) is 30.4 cm³/mol. The van der Waals surface area contributed by atoms with Gasteiger partial charge in [0.25, 0.3) is 0 Å². The molecule has 0 saturated carbocycles. The number of carbonyl (C=O) groups is 1. The van der Waals surface area contributed by atoms with Gasteiger partial charge in [-0.15, -0.1) is 0 Å². The van der Waals surface area contributed by atoms with Gasteiger partial charge < -0.3 is 10.8 Å². The molecule has 0 aromatic rings. The molecule has 4 heteroatoms. The Labute approximate surface area is 52.7 Å². The van der Waals surface area contributed by atoms with Gasteiger partial charge in [-0.1, -0.05) is 0 Å². The van der Waals surface area contributed by atoms with Crippen LogP contribution in [0.2, 0.25) is 0 Å². The highest BCUT2D eigenvalue weighted by molar-refractivity contribution is 5.80. The van der Waals surface area contributed by atoms with E-state index in [-0.39, 0.29) is 0 Å². The number of halogens is 1. The molecule has 0 aliphatic heterocycles. The molecule has 0 spiro atoms. The van der Waals surface area contributed by atoms with Crippen molar-refractivity contribution in [3.63, 3.8) is 0 Å². The standard InChI is InChI=1S/C5H10FNO2/c1-5(2-6,3-8)4(7)9/h8H,2-3H2,1H3,(H2,7,9). The lowest BCUT2D eigenvalue weighted by atomic mass is 9.93. The molecule has 0 radical (unpaired) electrons. The molecule has 3 nitrogen and oxygen atoms in total. The number of rotatable bonds is 3. The number of primary amides is 1. The Morgan fingerprint density at radius 2 is 2.33 bits per heavy atom. The van der Waals surface area contributed by atoms with Gasteiger partial charge in [-0.25, -0.2) is 4.39 Å². The number of hydrogen-bond donors (Lipinski definition) is 2. The molecule has 0 aliphatic carbocycles. The lowest BCUT2D eigenvalue weighted by Gasteiger charge is -2.17. The first-order valence-electron chi connectivity index (χ1n) is 2.53. The van der Waals surface area contributed by atoms with Gasteiger partial charge in [0, 0.05) is 0 Å². The monoisotopic (exact) mass is 135 g/mol. The molecule has 0 rings (SSSR count). The lowest BCUT2D eigenvalue weighted by Crippen LogP contribution is -2.39. The first kappa shape index (κ1) is 8.36. The van der Waals surface area contributed by atoms with Gasteiger partial charge in [0.2, 0.25) is 5.91 Å². The van der Waals surface area contributed by atoms with Crippen LogP contribution in [0, 0.1) is 5.41 Å². The predicted octanol–water partition coefficient (Wildman–Crippen LogP) is -0.560. The van der Waals surface area contributed by atoms with E-state index in [1.807, 2.05) is 0 Å². The molecular formula is C5H10FNO2. The topological polar surface area (TPSA) is 63.3 Å². The van der Waals surface area contributed by atoms with Gasteiger partial charge in [-0.05, 0) is 6.92 Å². The van der Waals surface area contributed by atoms with Crippen LogP contribution in [0.1, 0.15) is 6.92 Å². The molecule has 0 heterocycles. The molecule has 0 saturated heterocycles. The Kier molecular flexibility index (Phi) is 2.58. The second kappa shape index (κ2) is 2.77. The van der Waals surface area contributed by atoms with Crippen molar-refractivity contribution in [3.05, 3.63) is 0 Å². The summed E-state index contributed by atoms with van der Waals surface area (Å²) in [5, 5.41) is 8.41. The van der Waals surface area contributed by atoms with E-state index < -0.39 is 24.6 Å². The Morgan fingerprint density at radius 3 is 2.33 bits per heavy atom. The summed E-state index contributed by atoms with van der Waals surface area (Å²) in [5.41, 5.74) is 3.36. The molecule has 0 aromatic carbocycles. The van der Waals surface area contributed by atoms with Crippen LogP contribution in [0.4, 0.5) is 4.39 Å². The number of alkyl halides is 1. The van der Waals surface area contributed by atoms with Crippen LogP contribution in [0.5, 0.6) is 0 Å². The third-order valence-electron chi connectivity index (χ3n) is 1.24. The zero-order valence-electron chi connectivity index (χ0n) is 5.22. The van der Waals surface area contributed by atoms with Crippen LogP contribution in [-0.2, 0) is 4.79 Å². The maximum absolute atomic E-state index is 11.8. The molecule has 1 atom stereocenters. The third-order valence-corrected chi connectivity index (χ3v) is 1.24. The van der Waals surface area contributed by atoms with E-state index in [1.165, 1.54) is 6.92 Å². The van der Waals surface area contributed by atoms with Crippen LogP contribution in [0.25, 0.3) is 0 Å². The summed E-state index contributed by atoms with van der Waals surface area (Å²) in [4.78, 5) is 10.3. The number of aliphatic hydroxyl groups is 1. The Balaban J connectivity index is 4.09. The summed E-state index contributed by atoms with van der Waals surface area (Å²) in [6, 6.07) is 0. The number of amides is 1. The fourth-order valence-electron chi connectivity index (χ4n) is 0.186. The highest BCUT2D eigenvalue weighted by Crippen LogP contribution is 2.13. The van der Waals surface area contributed by atoms with Crippen molar-refractivity contribution >= 4 is 5.91 Å². The Hall–Kier alpha value is -0.640. The van der Waals surface area contributed by atoms with Crippen LogP contribution < -0.4 is 5.73 Å². The van der Waals surface area contributed by atoms with Crippen LogP contribution in [0.3, 0.4) is 0 Å². The number of aliphatic hydroxyl groups excluding tert-OH is 1. The zero-order valence-corrected chi connectivity index (χ0v) is 5.22. The van der Waals surface area contributed by atoms with Gasteiger partial charge in [-0.3, -0.25) is 4.79 Å². The van der Waals surface area contributed by atoms with Crippen molar-refractivity contribution in [2.45, 2.75) is 6.92 Å². The van der Waals surface area contributed by atoms with Crippen molar-refractivity contribution in [3.8, 4) is 0 Å². The van der Waals surface area contributed by atoms with E-state index in [2.05, 4.69) is 0 Å². The summed E-state index contributed by atoms with van der Waals surface area (Å²) in [7, 11) is 0. The summed E-state index contributed by atoms with van der Waals surface area (Å²) in [6.07, 6.45) is 0. The second-order valence-electron chi connectivity index (χ2n) is 2.22. The molecule has 0 aliphatic rings. The van der Waals surface area contributed by atoms with Gasteiger partial charge in [0.1, 0.15) is 6.67 Å². The maximum atomic E-state index is 11.8. The lowest BCUT2D eigenvalue weighted by molar-refractivity contribution is -0.129. The zero-order chi connectivity index (χ0) is 7.49. The van der Waals surface area contributed by atoms with Crippen LogP contribution >= 0.6 is 0 Å². The fourth-order valence-corrected chi connectivity index (χ4v) is 0.186. The SMILES string of the molecule is CC(CO)(CF)C(N)=O. The van der Waals surface area contributed by atoms with E-state index >= 15 is 0 Å². The van der Waals surface area contributed by atoms with E-state index in [4.69, 9.17) is 10.8 Å². The highest BCUT2D eigenvalue weighted by Gasteiger charge is 2.29. The van der Waals surface area contributed by atoms with E-state index in [0.29, 0.717) is 0 Å². The van der Waals surface area contributed by atoms with Crippen LogP contribution in [-0.4, -0.2) is 24.3 Å². The average molecular weight is 135 g/mol. The van der Waals surface area contributed by atoms with Crippen molar-refractivity contribution in [2.75, 3.05) is 13.3 Å². The summed E-state index contributed by atoms with van der Waals surface area (Å²) < 4.78 is 11.8. The van der Waals surface area contributed by atoms with Gasteiger partial charge >= 0.3 is 0 Å². The molecule has 1 amide bonds. The molecule has 0 bridgehead atoms. The minimum absolute atomic E-state index is 0.543.